The molecule has 1 saturated carbocycles. The molecule has 0 radical (unpaired) electrons. The minimum atomic E-state index is 0.181. The van der Waals surface area contributed by atoms with Gasteiger partial charge >= 0.3 is 0 Å². The fourth-order valence-corrected chi connectivity index (χ4v) is 5.39. The van der Waals surface area contributed by atoms with Crippen LogP contribution in [0.4, 0.5) is 0 Å². The van der Waals surface area contributed by atoms with E-state index in [-0.39, 0.29) is 10.8 Å². The summed E-state index contributed by atoms with van der Waals surface area (Å²) in [6.45, 7) is 9.77. The van der Waals surface area contributed by atoms with Crippen molar-refractivity contribution in [1.82, 2.24) is 0 Å². The molecule has 0 saturated heterocycles. The van der Waals surface area contributed by atoms with E-state index in [1.807, 2.05) is 0 Å². The van der Waals surface area contributed by atoms with Crippen molar-refractivity contribution in [2.24, 2.45) is 11.3 Å². The highest BCUT2D eigenvalue weighted by atomic mass is 14.6. The molecule has 0 aliphatic heterocycles. The topological polar surface area (TPSA) is 0 Å². The molecule has 23 heavy (non-hydrogen) atoms. The predicted octanol–water partition coefficient (Wildman–Crippen LogP) is 6.50. The van der Waals surface area contributed by atoms with Crippen molar-refractivity contribution in [3.63, 3.8) is 0 Å². The smallest absolute Gasteiger partial charge is 0.0268 e. The zero-order chi connectivity index (χ0) is 16.2. The van der Waals surface area contributed by atoms with E-state index >= 15 is 0 Å². The number of aryl methyl sites for hydroxylation is 1. The molecule has 4 rings (SSSR count). The van der Waals surface area contributed by atoms with Gasteiger partial charge in [0, 0.05) is 5.41 Å². The van der Waals surface area contributed by atoms with Gasteiger partial charge in [0.1, 0.15) is 0 Å². The maximum Gasteiger partial charge on any atom is 0.0268 e. The highest BCUT2D eigenvalue weighted by molar-refractivity contribution is 5.82. The normalized spacial score (nSPS) is 28.3. The first-order valence-corrected chi connectivity index (χ1v) is 9.19. The van der Waals surface area contributed by atoms with Gasteiger partial charge in [0.05, 0.1) is 0 Å². The fourth-order valence-electron chi connectivity index (χ4n) is 5.39. The third-order valence-electron chi connectivity index (χ3n) is 7.08. The maximum atomic E-state index is 2.52. The number of benzene rings is 2. The second kappa shape index (κ2) is 4.97. The van der Waals surface area contributed by atoms with E-state index in [0.717, 1.165) is 5.92 Å². The molecular weight excluding hydrogens is 276 g/mol. The van der Waals surface area contributed by atoms with E-state index in [4.69, 9.17) is 0 Å². The summed E-state index contributed by atoms with van der Waals surface area (Å²) in [5.41, 5.74) is 7.98. The van der Waals surface area contributed by atoms with E-state index in [1.165, 1.54) is 42.4 Å². The predicted molar refractivity (Wildman–Crippen MR) is 98.8 cm³/mol. The highest BCUT2D eigenvalue weighted by Gasteiger charge is 2.55. The minimum absolute atomic E-state index is 0.181. The van der Waals surface area contributed by atoms with Gasteiger partial charge in [-0.3, -0.25) is 0 Å². The average Bonchev–Trinajstić information content (AvgIpc) is 2.75. The Bertz CT molecular complexity index is 752. The molecule has 2 aromatic rings. The van der Waals surface area contributed by atoms with E-state index in [2.05, 4.69) is 70.2 Å². The molecule has 0 heterocycles. The number of hydrogen-bond acceptors (Lipinski definition) is 0. The van der Waals surface area contributed by atoms with Crippen LogP contribution < -0.4 is 0 Å². The van der Waals surface area contributed by atoms with Gasteiger partial charge in [-0.05, 0) is 46.9 Å². The highest BCUT2D eigenvalue weighted by Crippen LogP contribution is 2.63. The Kier molecular flexibility index (Phi) is 3.24. The lowest BCUT2D eigenvalue weighted by Crippen LogP contribution is -2.44. The summed E-state index contributed by atoms with van der Waals surface area (Å²) < 4.78 is 0. The van der Waals surface area contributed by atoms with Crippen LogP contribution in [-0.2, 0) is 5.41 Å². The zero-order valence-electron chi connectivity index (χ0n) is 14.9. The number of fused-ring (bicyclic) bond motifs is 5. The van der Waals surface area contributed by atoms with E-state index in [0.29, 0.717) is 0 Å². The SMILES string of the molecule is Cc1ccc2c(c1)C1(CCCCC(C)C1(C)C)c1ccccc1-2. The molecule has 0 heteroatoms. The van der Waals surface area contributed by atoms with Gasteiger partial charge < -0.3 is 0 Å². The summed E-state index contributed by atoms with van der Waals surface area (Å²) in [6, 6.07) is 16.3. The lowest BCUT2D eigenvalue weighted by molar-refractivity contribution is 0.123. The van der Waals surface area contributed by atoms with E-state index in [1.54, 1.807) is 11.1 Å². The number of rotatable bonds is 0. The Morgan fingerprint density at radius 1 is 0.913 bits per heavy atom. The van der Waals surface area contributed by atoms with Crippen molar-refractivity contribution in [3.8, 4) is 11.1 Å². The van der Waals surface area contributed by atoms with Gasteiger partial charge in [0.15, 0.2) is 0 Å². The first-order chi connectivity index (χ1) is 11.0. The van der Waals surface area contributed by atoms with Gasteiger partial charge in [-0.25, -0.2) is 0 Å². The van der Waals surface area contributed by atoms with Crippen LogP contribution >= 0.6 is 0 Å². The summed E-state index contributed by atoms with van der Waals surface area (Å²) in [7, 11) is 0. The van der Waals surface area contributed by atoms with Gasteiger partial charge in [-0.15, -0.1) is 0 Å². The molecule has 2 aliphatic rings. The molecule has 1 fully saturated rings. The zero-order valence-corrected chi connectivity index (χ0v) is 14.9. The summed E-state index contributed by atoms with van der Waals surface area (Å²) in [6.07, 6.45) is 5.36. The Morgan fingerprint density at radius 2 is 1.65 bits per heavy atom. The van der Waals surface area contributed by atoms with E-state index < -0.39 is 0 Å². The summed E-state index contributed by atoms with van der Waals surface area (Å²) >= 11 is 0. The Hall–Kier alpha value is -1.56. The Labute approximate surface area is 140 Å². The Balaban J connectivity index is 2.09. The first kappa shape index (κ1) is 15.0. The second-order valence-electron chi connectivity index (χ2n) is 8.37. The third-order valence-corrected chi connectivity index (χ3v) is 7.08. The first-order valence-electron chi connectivity index (χ1n) is 9.19. The van der Waals surface area contributed by atoms with Crippen LogP contribution in [0.1, 0.15) is 63.1 Å². The van der Waals surface area contributed by atoms with Crippen LogP contribution in [0.5, 0.6) is 0 Å². The van der Waals surface area contributed by atoms with Crippen molar-refractivity contribution in [2.45, 2.75) is 58.8 Å². The summed E-state index contributed by atoms with van der Waals surface area (Å²) in [4.78, 5) is 0. The lowest BCUT2D eigenvalue weighted by Gasteiger charge is -2.48. The van der Waals surface area contributed by atoms with Crippen LogP contribution in [0.2, 0.25) is 0 Å². The molecular formula is C23H28. The molecule has 120 valence electrons. The monoisotopic (exact) mass is 304 g/mol. The van der Waals surface area contributed by atoms with Crippen LogP contribution in [0.15, 0.2) is 42.5 Å². The Morgan fingerprint density at radius 3 is 2.48 bits per heavy atom. The molecule has 0 aromatic heterocycles. The van der Waals surface area contributed by atoms with Crippen molar-refractivity contribution < 1.29 is 0 Å². The van der Waals surface area contributed by atoms with Crippen molar-refractivity contribution >= 4 is 0 Å². The van der Waals surface area contributed by atoms with Crippen molar-refractivity contribution in [2.75, 3.05) is 0 Å². The molecule has 0 N–H and O–H groups in total. The second-order valence-corrected chi connectivity index (χ2v) is 8.37. The van der Waals surface area contributed by atoms with Gasteiger partial charge in [-0.1, -0.05) is 88.1 Å². The molecule has 2 unspecified atom stereocenters. The number of hydrogen-bond donors (Lipinski definition) is 0. The van der Waals surface area contributed by atoms with Gasteiger partial charge in [0.2, 0.25) is 0 Å². The fraction of sp³-hybridized carbons (Fsp3) is 0.478. The van der Waals surface area contributed by atoms with Gasteiger partial charge in [0.25, 0.3) is 0 Å². The molecule has 1 spiro atoms. The van der Waals surface area contributed by atoms with Gasteiger partial charge in [-0.2, -0.15) is 0 Å². The quantitative estimate of drug-likeness (QED) is 0.521. The molecule has 0 amide bonds. The minimum Gasteiger partial charge on any atom is -0.0620 e. The largest absolute Gasteiger partial charge is 0.0620 e. The lowest BCUT2D eigenvalue weighted by atomic mass is 9.54. The summed E-state index contributed by atoms with van der Waals surface area (Å²) in [5.74, 6) is 0.740. The van der Waals surface area contributed by atoms with Crippen molar-refractivity contribution in [1.29, 1.82) is 0 Å². The van der Waals surface area contributed by atoms with Crippen molar-refractivity contribution in [3.05, 3.63) is 59.2 Å². The van der Waals surface area contributed by atoms with Crippen LogP contribution in [0.3, 0.4) is 0 Å². The average molecular weight is 304 g/mol. The molecule has 0 bridgehead atoms. The standard InChI is InChI=1S/C23H28/c1-16-12-13-19-18-10-5-6-11-20(18)23(21(19)15-16)14-8-7-9-17(2)22(23,3)4/h5-6,10-13,15,17H,7-9,14H2,1-4H3. The molecule has 2 aliphatic carbocycles. The molecule has 2 aromatic carbocycles. The van der Waals surface area contributed by atoms with Crippen LogP contribution in [0, 0.1) is 18.3 Å². The van der Waals surface area contributed by atoms with Crippen LogP contribution in [0.25, 0.3) is 11.1 Å². The maximum absolute atomic E-state index is 2.52. The third kappa shape index (κ3) is 1.84. The molecule has 2 atom stereocenters. The summed E-state index contributed by atoms with van der Waals surface area (Å²) in [5, 5.41) is 0. The van der Waals surface area contributed by atoms with E-state index in [9.17, 15) is 0 Å². The molecule has 0 nitrogen and oxygen atoms in total. The van der Waals surface area contributed by atoms with Crippen LogP contribution in [-0.4, -0.2) is 0 Å².